The Kier molecular flexibility index (Phi) is 3.55. The minimum absolute atomic E-state index is 0.760. The van der Waals surface area contributed by atoms with Crippen molar-refractivity contribution in [1.29, 1.82) is 0 Å². The summed E-state index contributed by atoms with van der Waals surface area (Å²) in [6, 6.07) is 2.14. The van der Waals surface area contributed by atoms with Crippen molar-refractivity contribution < 1.29 is 0 Å². The largest absolute Gasteiger partial charge is 0.356 e. The molecule has 0 saturated carbocycles. The van der Waals surface area contributed by atoms with Gasteiger partial charge in [0.15, 0.2) is 0 Å². The Labute approximate surface area is 117 Å². The van der Waals surface area contributed by atoms with Gasteiger partial charge >= 0.3 is 0 Å². The summed E-state index contributed by atoms with van der Waals surface area (Å²) in [4.78, 5) is 12.8. The van der Waals surface area contributed by atoms with Crippen LogP contribution in [0.4, 0.5) is 11.8 Å². The zero-order chi connectivity index (χ0) is 13.2. The molecule has 0 aromatic carbocycles. The molecule has 0 radical (unpaired) electrons. The van der Waals surface area contributed by atoms with E-state index in [9.17, 15) is 0 Å². The lowest BCUT2D eigenvalue weighted by Crippen LogP contribution is -2.21. The Morgan fingerprint density at radius 1 is 1.47 bits per heavy atom. The fourth-order valence-corrected chi connectivity index (χ4v) is 3.28. The van der Waals surface area contributed by atoms with Crippen molar-refractivity contribution in [2.45, 2.75) is 26.7 Å². The highest BCUT2D eigenvalue weighted by Gasteiger charge is 2.22. The van der Waals surface area contributed by atoms with Gasteiger partial charge in [-0.3, -0.25) is 0 Å². The lowest BCUT2D eigenvalue weighted by atomic mass is 10.2. The molecule has 0 spiro atoms. The van der Waals surface area contributed by atoms with Gasteiger partial charge in [0.1, 0.15) is 10.6 Å². The van der Waals surface area contributed by atoms with E-state index in [0.717, 1.165) is 48.6 Å². The van der Waals surface area contributed by atoms with Gasteiger partial charge in [0.2, 0.25) is 5.95 Å². The molecule has 102 valence electrons. The molecule has 1 aliphatic rings. The van der Waals surface area contributed by atoms with Crippen molar-refractivity contribution in [3.63, 3.8) is 0 Å². The van der Waals surface area contributed by atoms with Gasteiger partial charge in [-0.05, 0) is 30.2 Å². The fourth-order valence-electron chi connectivity index (χ4n) is 2.52. The molecule has 0 amide bonds. The monoisotopic (exact) mass is 276 g/mol. The molecule has 2 aromatic rings. The van der Waals surface area contributed by atoms with Gasteiger partial charge in [-0.2, -0.15) is 4.98 Å². The van der Waals surface area contributed by atoms with Gasteiger partial charge < -0.3 is 10.2 Å². The van der Waals surface area contributed by atoms with Crippen LogP contribution in [-0.2, 0) is 0 Å². The van der Waals surface area contributed by atoms with Crippen LogP contribution in [0.1, 0.15) is 26.7 Å². The van der Waals surface area contributed by atoms with Crippen LogP contribution in [0.5, 0.6) is 0 Å². The smallest absolute Gasteiger partial charge is 0.226 e. The first-order valence-electron chi connectivity index (χ1n) is 7.02. The third kappa shape index (κ3) is 2.52. The number of hydrogen-bond acceptors (Lipinski definition) is 5. The van der Waals surface area contributed by atoms with E-state index in [-0.39, 0.29) is 0 Å². The van der Waals surface area contributed by atoms with E-state index in [0.29, 0.717) is 0 Å². The molecular weight excluding hydrogens is 256 g/mol. The van der Waals surface area contributed by atoms with Crippen LogP contribution in [0.15, 0.2) is 11.4 Å². The molecule has 1 aliphatic heterocycles. The molecule has 3 heterocycles. The first-order chi connectivity index (χ1) is 9.28. The molecule has 19 heavy (non-hydrogen) atoms. The van der Waals surface area contributed by atoms with Gasteiger partial charge in [0.05, 0.1) is 5.39 Å². The molecule has 1 atom stereocenters. The summed E-state index contributed by atoms with van der Waals surface area (Å²) in [6.45, 7) is 7.60. The van der Waals surface area contributed by atoms with E-state index in [1.165, 1.54) is 11.8 Å². The van der Waals surface area contributed by atoms with E-state index in [2.05, 4.69) is 40.5 Å². The number of thiophene rings is 1. The first kappa shape index (κ1) is 12.7. The van der Waals surface area contributed by atoms with Gasteiger partial charge in [-0.25, -0.2) is 4.98 Å². The Bertz CT molecular complexity index is 566. The van der Waals surface area contributed by atoms with Gasteiger partial charge in [0, 0.05) is 19.6 Å². The lowest BCUT2D eigenvalue weighted by molar-refractivity contribution is 0.659. The summed E-state index contributed by atoms with van der Waals surface area (Å²) in [5.74, 6) is 2.64. The third-order valence-corrected chi connectivity index (χ3v) is 4.37. The highest BCUT2D eigenvalue weighted by Crippen LogP contribution is 2.32. The Balaban J connectivity index is 1.98. The zero-order valence-corrected chi connectivity index (χ0v) is 12.3. The molecule has 1 saturated heterocycles. The van der Waals surface area contributed by atoms with Crippen LogP contribution in [0, 0.1) is 5.92 Å². The van der Waals surface area contributed by atoms with Crippen molar-refractivity contribution in [2.75, 3.05) is 29.9 Å². The van der Waals surface area contributed by atoms with Crippen LogP contribution < -0.4 is 10.2 Å². The average molecular weight is 276 g/mol. The summed E-state index contributed by atoms with van der Waals surface area (Å²) in [6.07, 6.45) is 2.34. The number of rotatable bonds is 4. The van der Waals surface area contributed by atoms with Crippen molar-refractivity contribution in [2.24, 2.45) is 5.92 Å². The van der Waals surface area contributed by atoms with Crippen molar-refractivity contribution in [1.82, 2.24) is 9.97 Å². The van der Waals surface area contributed by atoms with E-state index in [1.54, 1.807) is 11.3 Å². The molecule has 3 rings (SSSR count). The molecule has 4 nitrogen and oxygen atoms in total. The minimum atomic E-state index is 0.760. The van der Waals surface area contributed by atoms with Crippen LogP contribution in [0.3, 0.4) is 0 Å². The minimum Gasteiger partial charge on any atom is -0.356 e. The molecule has 1 fully saturated rings. The zero-order valence-electron chi connectivity index (χ0n) is 11.5. The summed E-state index contributed by atoms with van der Waals surface area (Å²) < 4.78 is 0. The number of hydrogen-bond donors (Lipinski definition) is 1. The Hall–Kier alpha value is -1.36. The summed E-state index contributed by atoms with van der Waals surface area (Å²) in [5.41, 5.74) is 0. The molecule has 1 unspecified atom stereocenters. The quantitative estimate of drug-likeness (QED) is 0.929. The van der Waals surface area contributed by atoms with Gasteiger partial charge in [-0.15, -0.1) is 11.3 Å². The van der Waals surface area contributed by atoms with Gasteiger partial charge in [-0.1, -0.05) is 13.8 Å². The second kappa shape index (κ2) is 5.33. The van der Waals surface area contributed by atoms with Crippen LogP contribution in [-0.4, -0.2) is 29.6 Å². The average Bonchev–Trinajstić information content (AvgIpc) is 3.03. The number of aromatic nitrogens is 2. The highest BCUT2D eigenvalue weighted by atomic mass is 32.1. The summed E-state index contributed by atoms with van der Waals surface area (Å²) in [7, 11) is 0. The van der Waals surface area contributed by atoms with E-state index in [1.807, 2.05) is 0 Å². The predicted molar refractivity (Wildman–Crippen MR) is 82.2 cm³/mol. The molecule has 0 bridgehead atoms. The maximum absolute atomic E-state index is 4.74. The van der Waals surface area contributed by atoms with Crippen molar-refractivity contribution in [3.05, 3.63) is 11.4 Å². The molecule has 0 aliphatic carbocycles. The number of fused-ring (bicyclic) bond motifs is 1. The topological polar surface area (TPSA) is 41.1 Å². The second-order valence-corrected chi connectivity index (χ2v) is 6.17. The predicted octanol–water partition coefficient (Wildman–Crippen LogP) is 3.36. The number of anilines is 2. The van der Waals surface area contributed by atoms with Crippen molar-refractivity contribution >= 4 is 33.3 Å². The Morgan fingerprint density at radius 3 is 3.11 bits per heavy atom. The molecular formula is C14H20N4S. The van der Waals surface area contributed by atoms with E-state index in [4.69, 9.17) is 4.98 Å². The molecule has 2 aromatic heterocycles. The third-order valence-electron chi connectivity index (χ3n) is 3.56. The van der Waals surface area contributed by atoms with Gasteiger partial charge in [0.25, 0.3) is 0 Å². The Morgan fingerprint density at radius 2 is 2.37 bits per heavy atom. The number of nitrogens with zero attached hydrogens (tertiary/aromatic N) is 3. The highest BCUT2D eigenvalue weighted by molar-refractivity contribution is 7.16. The lowest BCUT2D eigenvalue weighted by Gasteiger charge is -2.18. The van der Waals surface area contributed by atoms with E-state index < -0.39 is 0 Å². The van der Waals surface area contributed by atoms with Crippen molar-refractivity contribution in [3.8, 4) is 0 Å². The molecule has 1 N–H and O–H groups in total. The van der Waals surface area contributed by atoms with E-state index >= 15 is 0 Å². The SMILES string of the molecule is CCCNc1nc(N2CCC(C)C2)c2ccsc2n1. The summed E-state index contributed by atoms with van der Waals surface area (Å²) in [5, 5.41) is 6.61. The van der Waals surface area contributed by atoms with Crippen LogP contribution in [0.2, 0.25) is 0 Å². The number of nitrogens with one attached hydrogen (secondary N) is 1. The first-order valence-corrected chi connectivity index (χ1v) is 7.90. The molecule has 5 heteroatoms. The maximum atomic E-state index is 4.74. The van der Waals surface area contributed by atoms with Crippen LogP contribution in [0.25, 0.3) is 10.2 Å². The van der Waals surface area contributed by atoms with Crippen LogP contribution >= 0.6 is 11.3 Å². The normalized spacial score (nSPS) is 19.3. The standard InChI is InChI=1S/C14H20N4S/c1-3-6-15-14-16-12(18-7-4-10(2)9-18)11-5-8-19-13(11)17-14/h5,8,10H,3-4,6-7,9H2,1-2H3,(H,15,16,17). The maximum Gasteiger partial charge on any atom is 0.226 e. The fraction of sp³-hybridized carbons (Fsp3) is 0.571. The second-order valence-electron chi connectivity index (χ2n) is 5.28. The summed E-state index contributed by atoms with van der Waals surface area (Å²) >= 11 is 1.69.